The van der Waals surface area contributed by atoms with E-state index in [4.69, 9.17) is 18.9 Å². The van der Waals surface area contributed by atoms with Gasteiger partial charge < -0.3 is 38.3 Å². The number of hydrogen-bond donors (Lipinski definition) is 0. The number of pyridine rings is 1. The van der Waals surface area contributed by atoms with Crippen LogP contribution in [-0.2, 0) is 20.1 Å². The van der Waals surface area contributed by atoms with E-state index < -0.39 is 0 Å². The molecule has 4 aromatic carbocycles. The Labute approximate surface area is 353 Å². The summed E-state index contributed by atoms with van der Waals surface area (Å²) in [6, 6.07) is 41.3. The van der Waals surface area contributed by atoms with Crippen molar-refractivity contribution >= 4 is 0 Å². The molecule has 0 atom stereocenters. The summed E-state index contributed by atoms with van der Waals surface area (Å²) in [7, 11) is 6.63. The van der Waals surface area contributed by atoms with Crippen LogP contribution in [0.15, 0.2) is 122 Å². The van der Waals surface area contributed by atoms with Gasteiger partial charge in [-0.3, -0.25) is 14.1 Å². The van der Waals surface area contributed by atoms with E-state index >= 15 is 0 Å². The van der Waals surface area contributed by atoms with Gasteiger partial charge >= 0.3 is 0 Å². The molecule has 0 aliphatic rings. The minimum Gasteiger partial charge on any atom is -0.574 e. The molecule has 4 aromatic heterocycles. The average molecular weight is 951 g/mol. The molecule has 0 saturated heterocycles. The van der Waals surface area contributed by atoms with Crippen LogP contribution in [0.25, 0.3) is 34.1 Å². The number of benzene rings is 4. The van der Waals surface area contributed by atoms with Crippen LogP contribution in [0.1, 0.15) is 22.8 Å². The summed E-state index contributed by atoms with van der Waals surface area (Å²) >= 11 is 0. The Hall–Kier alpha value is -6.49. The minimum atomic E-state index is 0. The van der Waals surface area contributed by atoms with Crippen LogP contribution >= 0.6 is 0 Å². The normalized spacial score (nSPS) is 10.3. The largest absolute Gasteiger partial charge is 0.574 e. The molecule has 11 nitrogen and oxygen atoms in total. The fourth-order valence-corrected chi connectivity index (χ4v) is 5.80. The predicted molar refractivity (Wildman–Crippen MR) is 216 cm³/mol. The molecule has 58 heavy (non-hydrogen) atoms. The van der Waals surface area contributed by atoms with Crippen LogP contribution in [0.3, 0.4) is 0 Å². The van der Waals surface area contributed by atoms with E-state index in [0.717, 1.165) is 79.9 Å². The van der Waals surface area contributed by atoms with E-state index in [1.807, 2.05) is 127 Å². The monoisotopic (exact) mass is 951 g/mol. The van der Waals surface area contributed by atoms with E-state index in [0.29, 0.717) is 0 Å². The van der Waals surface area contributed by atoms with Crippen molar-refractivity contribution in [2.75, 3.05) is 28.4 Å². The van der Waals surface area contributed by atoms with Crippen molar-refractivity contribution in [2.45, 2.75) is 27.7 Å². The van der Waals surface area contributed by atoms with Gasteiger partial charge in [0, 0.05) is 61.1 Å². The molecule has 0 aliphatic heterocycles. The first-order chi connectivity index (χ1) is 27.7. The van der Waals surface area contributed by atoms with Gasteiger partial charge in [-0.1, -0.05) is 17.8 Å². The maximum Gasteiger partial charge on any atom is 0.267 e. The second-order valence-electron chi connectivity index (χ2n) is 12.6. The number of rotatable bonds is 9. The van der Waals surface area contributed by atoms with Gasteiger partial charge in [-0.15, -0.1) is 24.3 Å². The van der Waals surface area contributed by atoms with Gasteiger partial charge in [0.15, 0.2) is 0 Å². The van der Waals surface area contributed by atoms with Gasteiger partial charge in [0.2, 0.25) is 0 Å². The number of imidazole rings is 2. The second-order valence-corrected chi connectivity index (χ2v) is 12.6. The third kappa shape index (κ3) is 9.89. The van der Waals surface area contributed by atoms with Gasteiger partial charge in [-0.05, 0) is 99.7 Å². The minimum absolute atomic E-state index is 0. The molecule has 0 unspecified atom stereocenters. The second kappa shape index (κ2) is 20.1. The van der Waals surface area contributed by atoms with Crippen molar-refractivity contribution in [1.29, 1.82) is 0 Å². The molecular weight excluding hydrogens is 907 g/mol. The Bertz CT molecular complexity index is 2190. The molecule has 0 N–H and O–H groups in total. The Morgan fingerprint density at radius 2 is 0.983 bits per heavy atom. The smallest absolute Gasteiger partial charge is 0.267 e. The Kier molecular flexibility index (Phi) is 14.8. The molecule has 8 aromatic rings. The molecule has 0 aliphatic carbocycles. The van der Waals surface area contributed by atoms with E-state index in [1.54, 1.807) is 40.8 Å². The number of ether oxygens (including phenoxy) is 4. The zero-order chi connectivity index (χ0) is 40.3. The van der Waals surface area contributed by atoms with Gasteiger partial charge in [-0.2, -0.15) is 24.3 Å². The summed E-state index contributed by atoms with van der Waals surface area (Å²) < 4.78 is 28.9. The van der Waals surface area contributed by atoms with E-state index in [-0.39, 0.29) is 20.1 Å². The van der Waals surface area contributed by atoms with E-state index in [2.05, 4.69) is 67.7 Å². The Balaban J connectivity index is 0.000000174. The van der Waals surface area contributed by atoms with Gasteiger partial charge in [-0.25, -0.2) is 0 Å². The van der Waals surface area contributed by atoms with Crippen LogP contribution in [0, 0.1) is 52.5 Å². The van der Waals surface area contributed by atoms with Crippen LogP contribution in [0.4, 0.5) is 0 Å². The maximum absolute atomic E-state index is 5.21. The SMILES string of the molecule is COc1c[c-]c(-n2[c-][n+](-c3ccc(OC)cc3)c(C)c2C)cc1.COc1c[c-]c(-n2[c-][n+](-c3ccc(OC)cc3)c(C)c2C)cc1.[Ir].c1ccc(-c2ccn[n-]2)nc1. The van der Waals surface area contributed by atoms with Crippen molar-refractivity contribution in [3.8, 4) is 57.1 Å². The summed E-state index contributed by atoms with van der Waals surface area (Å²) in [4.78, 5) is 4.12. The van der Waals surface area contributed by atoms with E-state index in [9.17, 15) is 0 Å². The topological polar surface area (TPSA) is 94.4 Å². The van der Waals surface area contributed by atoms with Crippen molar-refractivity contribution in [2.24, 2.45) is 0 Å². The average Bonchev–Trinajstić information content (AvgIpc) is 4.00. The van der Waals surface area contributed by atoms with Crippen LogP contribution in [0.5, 0.6) is 23.0 Å². The molecular formula is C46H44IrN7O4-3. The molecule has 0 spiro atoms. The van der Waals surface area contributed by atoms with Crippen LogP contribution in [0.2, 0.25) is 0 Å². The molecule has 1 radical (unpaired) electrons. The summed E-state index contributed by atoms with van der Waals surface area (Å²) in [5.74, 6) is 3.26. The third-order valence-electron chi connectivity index (χ3n) is 9.33. The van der Waals surface area contributed by atoms with Crippen molar-refractivity contribution in [3.63, 3.8) is 0 Å². The fourth-order valence-electron chi connectivity index (χ4n) is 5.80. The molecule has 0 saturated carbocycles. The van der Waals surface area contributed by atoms with Crippen molar-refractivity contribution in [1.82, 2.24) is 24.3 Å². The molecule has 0 fully saturated rings. The summed E-state index contributed by atoms with van der Waals surface area (Å²) in [6.07, 6.45) is 10.2. The fraction of sp³-hybridized carbons (Fsp3) is 0.174. The molecule has 4 heterocycles. The standard InChI is InChI=1S/2C19H19N2O2.C8H6N3.Ir/c2*1-14-15(2)21(17-7-11-19(23-4)12-8-17)13-20(14)16-5-9-18(22-3)10-6-16;1-2-5-9-7(3-1)8-4-6-10-11-8;/h2*5-7,9-12H,1-4H3;1-6H;/q3*-1;. The van der Waals surface area contributed by atoms with E-state index in [1.165, 1.54) is 0 Å². The number of hydrogen-bond acceptors (Lipinski definition) is 6. The van der Waals surface area contributed by atoms with Crippen LogP contribution in [-0.4, -0.2) is 47.7 Å². The maximum atomic E-state index is 5.21. The molecule has 12 heteroatoms. The molecule has 0 amide bonds. The summed E-state index contributed by atoms with van der Waals surface area (Å²) in [5.41, 5.74) is 10.1. The van der Waals surface area contributed by atoms with Crippen molar-refractivity contribution < 1.29 is 48.2 Å². The molecule has 299 valence electrons. The van der Waals surface area contributed by atoms with Crippen molar-refractivity contribution in [3.05, 3.63) is 169 Å². The summed E-state index contributed by atoms with van der Waals surface area (Å²) in [6.45, 7) is 8.31. The Morgan fingerprint density at radius 1 is 0.534 bits per heavy atom. The number of nitrogens with zero attached hydrogens (tertiary/aromatic N) is 7. The molecule has 8 rings (SSSR count). The van der Waals surface area contributed by atoms with Gasteiger partial charge in [0.05, 0.1) is 51.2 Å². The van der Waals surface area contributed by atoms with Crippen LogP contribution < -0.4 is 33.2 Å². The summed E-state index contributed by atoms with van der Waals surface area (Å²) in [5, 5.41) is 7.58. The zero-order valence-electron chi connectivity index (χ0n) is 33.6. The first kappa shape index (κ1) is 42.6. The quantitative estimate of drug-likeness (QED) is 0.113. The number of aromatic nitrogens is 7. The third-order valence-corrected chi connectivity index (χ3v) is 9.33. The number of methoxy groups -OCH3 is 4. The first-order valence-corrected chi connectivity index (χ1v) is 18.1. The first-order valence-electron chi connectivity index (χ1n) is 18.1. The predicted octanol–water partition coefficient (Wildman–Crippen LogP) is 7.08. The Morgan fingerprint density at radius 3 is 1.33 bits per heavy atom. The van der Waals surface area contributed by atoms with Gasteiger partial charge in [0.25, 0.3) is 12.7 Å². The van der Waals surface area contributed by atoms with Gasteiger partial charge in [0.1, 0.15) is 11.5 Å². The molecule has 0 bridgehead atoms. The zero-order valence-corrected chi connectivity index (χ0v) is 36.0.